The first-order valence-corrected chi connectivity index (χ1v) is 20.6. The number of rotatable bonds is 16. The maximum absolute atomic E-state index is 13.7. The van der Waals surface area contributed by atoms with Gasteiger partial charge < -0.3 is 60.9 Å². The smallest absolute Gasteiger partial charge is 0.424 e. The summed E-state index contributed by atoms with van der Waals surface area (Å²) in [7, 11) is 6.55. The number of hydrogen-bond donors (Lipinski definition) is 2. The molecule has 4 fully saturated rings. The number of carbonyl (C=O) groups excluding carboxylic acids is 1. The van der Waals surface area contributed by atoms with E-state index in [1.165, 1.54) is 23.9 Å². The van der Waals surface area contributed by atoms with Crippen LogP contribution in [0.4, 0.5) is 4.79 Å². The Morgan fingerprint density at radius 2 is 1.41 bits per heavy atom. The van der Waals surface area contributed by atoms with E-state index in [9.17, 15) is 18.3 Å². The summed E-state index contributed by atoms with van der Waals surface area (Å²) in [4.78, 5) is 12.6. The van der Waals surface area contributed by atoms with Crippen molar-refractivity contribution in [2.75, 3.05) is 19.0 Å². The lowest BCUT2D eigenvalue weighted by atomic mass is 9.96. The van der Waals surface area contributed by atoms with Gasteiger partial charge in [0.25, 0.3) is 0 Å². The molecule has 24 heteroatoms. The first-order chi connectivity index (χ1) is 24.5. The normalized spacial score (nSPS) is 40.0. The molecule has 4 aliphatic rings. The summed E-state index contributed by atoms with van der Waals surface area (Å²) in [5.74, 6) is 0.523. The predicted octanol–water partition coefficient (Wildman–Crippen LogP) is 1.46. The monoisotopic (exact) mass is 857 g/mol. The van der Waals surface area contributed by atoms with Crippen LogP contribution in [-0.2, 0) is 65.8 Å². The van der Waals surface area contributed by atoms with Gasteiger partial charge in [0.05, 0.1) is 30.3 Å². The van der Waals surface area contributed by atoms with E-state index in [1.807, 2.05) is 6.92 Å². The van der Waals surface area contributed by atoms with Crippen LogP contribution in [0.25, 0.3) is 0 Å². The average molecular weight is 858 g/mol. The second-order valence-corrected chi connectivity index (χ2v) is 16.4. The highest BCUT2D eigenvalue weighted by Gasteiger charge is 2.60. The number of aliphatic hydroxyl groups is 1. The molecule has 290 valence electrons. The highest BCUT2D eigenvalue weighted by Crippen LogP contribution is 2.40. The molecule has 17 nitrogen and oxygen atoms in total. The molecule has 11 unspecified atom stereocenters. The lowest BCUT2D eigenvalue weighted by molar-refractivity contribution is -0.361. The topological polar surface area (TPSA) is 194 Å². The Labute approximate surface area is 312 Å². The maximum atomic E-state index is 13.7. The van der Waals surface area contributed by atoms with Crippen molar-refractivity contribution in [1.29, 1.82) is 0 Å². The minimum absolute atomic E-state index is 0.00906. The average Bonchev–Trinajstić information content (AvgIpc) is 3.51. The number of fused-ring (bicyclic) bond motifs is 1. The van der Waals surface area contributed by atoms with Crippen molar-refractivity contribution in [2.45, 2.75) is 110 Å². The Bertz CT molecular complexity index is 1380. The van der Waals surface area contributed by atoms with E-state index in [0.717, 1.165) is 0 Å². The lowest BCUT2D eigenvalue weighted by Gasteiger charge is -2.49. The molecule has 4 heterocycles. The van der Waals surface area contributed by atoms with Gasteiger partial charge in [0, 0.05) is 47.3 Å². The Morgan fingerprint density at radius 3 is 2.04 bits per heavy atom. The van der Waals surface area contributed by atoms with E-state index in [0.29, 0.717) is 5.75 Å². The van der Waals surface area contributed by atoms with Gasteiger partial charge in [-0.05, 0) is 24.8 Å². The fourth-order valence-electron chi connectivity index (χ4n) is 6.36. The highest BCUT2D eigenvalue weighted by atomic mass is 32.2. The van der Waals surface area contributed by atoms with Crippen LogP contribution in [0.5, 0.6) is 0 Å². The maximum Gasteiger partial charge on any atom is 0.509 e. The molecule has 4 aliphatic heterocycles. The zero-order valence-electron chi connectivity index (χ0n) is 27.4. The Kier molecular flexibility index (Phi) is 16.3. The predicted molar refractivity (Wildman–Crippen MR) is 196 cm³/mol. The van der Waals surface area contributed by atoms with Crippen molar-refractivity contribution in [3.63, 3.8) is 0 Å². The van der Waals surface area contributed by atoms with E-state index in [-0.39, 0.29) is 18.1 Å². The van der Waals surface area contributed by atoms with Crippen LogP contribution in [-0.4, -0.2) is 130 Å². The summed E-state index contributed by atoms with van der Waals surface area (Å²) in [6.07, 6.45) is -14.5. The van der Waals surface area contributed by atoms with Crippen molar-refractivity contribution in [1.82, 2.24) is 4.72 Å². The molecule has 0 spiro atoms. The summed E-state index contributed by atoms with van der Waals surface area (Å²) in [6.45, 7) is 3.47. The van der Waals surface area contributed by atoms with Gasteiger partial charge in [-0.3, -0.25) is 0 Å². The van der Waals surface area contributed by atoms with E-state index >= 15 is 0 Å². The van der Waals surface area contributed by atoms with Crippen LogP contribution in [0.1, 0.15) is 13.8 Å². The highest BCUT2D eigenvalue weighted by molar-refractivity contribution is 7.99. The molecule has 1 aromatic rings. The number of thioether (sulfide) groups is 1. The molecule has 0 amide bonds. The minimum Gasteiger partial charge on any atom is -0.424 e. The zero-order chi connectivity index (χ0) is 36.9. The fourth-order valence-corrected chi connectivity index (χ4v) is 10.0. The van der Waals surface area contributed by atoms with Crippen molar-refractivity contribution in [3.8, 4) is 0 Å². The third kappa shape index (κ3) is 9.71. The molecular weight excluding hydrogens is 813 g/mol. The molecule has 2 N–H and O–H groups in total. The fraction of sp³-hybridized carbons (Fsp3) is 0.741. The molecule has 1 aromatic carbocycles. The van der Waals surface area contributed by atoms with Crippen LogP contribution >= 0.6 is 59.1 Å². The second-order valence-electron chi connectivity index (χ2n) is 11.8. The van der Waals surface area contributed by atoms with Gasteiger partial charge in [0.15, 0.2) is 30.9 Å². The number of benzene rings is 1. The van der Waals surface area contributed by atoms with Gasteiger partial charge in [-0.15, -0.1) is 11.8 Å². The SMILES string of the molecule is CCS[C@@H]1OC(COP)[C@H](O)C(O[C@@H]2OC(COP)[C@@H]3OC(=O)OC3[C@@H]2O[C@@H]2OC(C)[C@H](OP)[C@H](OP)C2OP)[C@@H]1NS(=O)(=O)c1ccccc1. The Hall–Kier alpha value is 0.460. The van der Waals surface area contributed by atoms with E-state index in [1.54, 1.807) is 25.1 Å². The third-order valence-electron chi connectivity index (χ3n) is 8.71. The van der Waals surface area contributed by atoms with Gasteiger partial charge in [-0.1, -0.05) is 25.1 Å². The molecule has 5 rings (SSSR count). The van der Waals surface area contributed by atoms with Crippen LogP contribution in [0.15, 0.2) is 35.2 Å². The summed E-state index contributed by atoms with van der Waals surface area (Å²) >= 11 is 1.30. The lowest BCUT2D eigenvalue weighted by Crippen LogP contribution is -2.68. The van der Waals surface area contributed by atoms with E-state index in [4.69, 9.17) is 55.8 Å². The van der Waals surface area contributed by atoms with Crippen LogP contribution in [0.2, 0.25) is 0 Å². The summed E-state index contributed by atoms with van der Waals surface area (Å²) in [6, 6.07) is 6.57. The molecule has 0 radical (unpaired) electrons. The first-order valence-electron chi connectivity index (χ1n) is 15.7. The van der Waals surface area contributed by atoms with Crippen molar-refractivity contribution in [3.05, 3.63) is 30.3 Å². The quantitative estimate of drug-likeness (QED) is 0.179. The number of ether oxygens (including phenoxy) is 7. The summed E-state index contributed by atoms with van der Waals surface area (Å²) in [5, 5.41) is 11.8. The third-order valence-corrected chi connectivity index (χ3v) is 12.6. The van der Waals surface area contributed by atoms with Gasteiger partial charge >= 0.3 is 6.16 Å². The van der Waals surface area contributed by atoms with Crippen molar-refractivity contribution < 1.29 is 74.1 Å². The zero-order valence-corrected chi connectivity index (χ0v) is 34.8. The van der Waals surface area contributed by atoms with Crippen molar-refractivity contribution in [2.24, 2.45) is 0 Å². The minimum atomic E-state index is -4.17. The number of aliphatic hydroxyl groups excluding tert-OH is 1. The number of nitrogens with one attached hydrogen (secondary N) is 1. The summed E-state index contributed by atoms with van der Waals surface area (Å²) in [5.41, 5.74) is -0.859. The standard InChI is InChI=1S/C27H44NO16P5S2/c1-3-50-26-15(28-51(31,32)12-7-5-4-6-8-12)19(16(29)13(37-26)9-33-45)38-24-22(20-18(40-27(30)41-20)14(36-24)10-34-46)39-25-23(44-49)21(43-48)17(42-47)11(2)35-25/h4-8,11,13-26,28-29H,3,9-10,45-49H2,1-2H3/t11?,13?,14?,15-,16-,17-,18-,19?,20?,21-,22-,23?,24-,25-,26-/m0/s1. The number of hydrogen-bond acceptors (Lipinski definition) is 17. The largest absolute Gasteiger partial charge is 0.509 e. The molecule has 0 saturated carbocycles. The van der Waals surface area contributed by atoms with Gasteiger partial charge in [-0.25, -0.2) is 17.9 Å². The van der Waals surface area contributed by atoms with Crippen LogP contribution in [0.3, 0.4) is 0 Å². The molecular formula is C27H44NO16P5S2. The molecule has 51 heavy (non-hydrogen) atoms. The molecule has 0 aromatic heterocycles. The molecule has 20 atom stereocenters. The van der Waals surface area contributed by atoms with Gasteiger partial charge in [0.2, 0.25) is 10.0 Å². The van der Waals surface area contributed by atoms with Crippen molar-refractivity contribution >= 4 is 75.3 Å². The number of sulfonamides is 1. The molecule has 0 aliphatic carbocycles. The first kappa shape index (κ1) is 42.6. The molecule has 4 saturated heterocycles. The van der Waals surface area contributed by atoms with E-state index in [2.05, 4.69) is 52.1 Å². The van der Waals surface area contributed by atoms with Gasteiger partial charge in [-0.2, -0.15) is 0 Å². The molecule has 0 bridgehead atoms. The Morgan fingerprint density at radius 1 is 0.804 bits per heavy atom. The Balaban J connectivity index is 1.53. The van der Waals surface area contributed by atoms with E-state index < -0.39 is 107 Å². The van der Waals surface area contributed by atoms with Gasteiger partial charge in [0.1, 0.15) is 48.2 Å². The van der Waals surface area contributed by atoms with Crippen LogP contribution < -0.4 is 4.72 Å². The number of carbonyl (C=O) groups is 1. The second kappa shape index (κ2) is 19.6. The summed E-state index contributed by atoms with van der Waals surface area (Å²) < 4.78 is 100. The van der Waals surface area contributed by atoms with Crippen LogP contribution in [0, 0.1) is 0 Å².